The topological polar surface area (TPSA) is 59.6 Å². The minimum absolute atomic E-state index is 0.0511. The highest BCUT2D eigenvalue weighted by atomic mass is 79.9. The van der Waals surface area contributed by atoms with Gasteiger partial charge in [-0.2, -0.15) is 0 Å². The van der Waals surface area contributed by atoms with E-state index in [1.807, 2.05) is 20.8 Å². The van der Waals surface area contributed by atoms with Gasteiger partial charge in [-0.3, -0.25) is 0 Å². The van der Waals surface area contributed by atoms with Crippen molar-refractivity contribution in [3.8, 4) is 0 Å². The highest BCUT2D eigenvalue weighted by molar-refractivity contribution is 9.10. The monoisotopic (exact) mass is 414 g/mol. The Kier molecular flexibility index (Phi) is 5.37. The van der Waals surface area contributed by atoms with E-state index in [2.05, 4.69) is 26.6 Å². The summed E-state index contributed by atoms with van der Waals surface area (Å²) in [6.45, 7) is 6.56. The second-order valence-corrected chi connectivity index (χ2v) is 8.52. The van der Waals surface area contributed by atoms with E-state index in [1.165, 1.54) is 6.07 Å². The largest absolute Gasteiger partial charge is 0.444 e. The quantitative estimate of drug-likeness (QED) is 0.792. The van der Waals surface area contributed by atoms with Gasteiger partial charge in [0.05, 0.1) is 18.2 Å². The first kappa shape index (κ1) is 18.6. The van der Waals surface area contributed by atoms with Crippen LogP contribution in [0.4, 0.5) is 9.18 Å². The fraction of sp³-hybridized carbons (Fsp3) is 0.611. The Morgan fingerprint density at radius 3 is 2.88 bits per heavy atom. The van der Waals surface area contributed by atoms with Crippen LogP contribution in [0.5, 0.6) is 0 Å². The van der Waals surface area contributed by atoms with Gasteiger partial charge in [-0.1, -0.05) is 15.9 Å². The van der Waals surface area contributed by atoms with E-state index in [-0.39, 0.29) is 29.9 Å². The first-order valence-corrected chi connectivity index (χ1v) is 9.32. The first-order valence-electron chi connectivity index (χ1n) is 8.53. The average molecular weight is 415 g/mol. The van der Waals surface area contributed by atoms with Crippen LogP contribution in [0, 0.1) is 11.7 Å². The molecule has 0 aromatic heterocycles. The molecule has 1 aliphatic heterocycles. The van der Waals surface area contributed by atoms with Gasteiger partial charge in [0.25, 0.3) is 0 Å². The van der Waals surface area contributed by atoms with Crippen LogP contribution in [-0.4, -0.2) is 36.5 Å². The summed E-state index contributed by atoms with van der Waals surface area (Å²) < 4.78 is 25.9. The molecular formula is C18H24BrFN2O3. The third kappa shape index (κ3) is 4.33. The maximum atomic E-state index is 13.9. The molecule has 7 heteroatoms. The summed E-state index contributed by atoms with van der Waals surface area (Å²) in [5.41, 5.74) is 0.0359. The van der Waals surface area contributed by atoms with E-state index in [0.717, 1.165) is 10.9 Å². The van der Waals surface area contributed by atoms with Crippen molar-refractivity contribution in [2.45, 2.75) is 57.5 Å². The molecule has 1 saturated carbocycles. The van der Waals surface area contributed by atoms with Gasteiger partial charge < -0.3 is 20.1 Å². The van der Waals surface area contributed by atoms with E-state index in [1.54, 1.807) is 12.1 Å². The predicted molar refractivity (Wildman–Crippen MR) is 95.7 cm³/mol. The molecular weight excluding hydrogens is 391 g/mol. The van der Waals surface area contributed by atoms with Crippen LogP contribution in [0.15, 0.2) is 22.7 Å². The minimum atomic E-state index is -0.540. The van der Waals surface area contributed by atoms with Gasteiger partial charge in [0.2, 0.25) is 0 Å². The third-order valence-electron chi connectivity index (χ3n) is 4.60. The van der Waals surface area contributed by atoms with Gasteiger partial charge in [-0.05, 0) is 45.4 Å². The first-order chi connectivity index (χ1) is 11.7. The molecule has 1 amide bonds. The van der Waals surface area contributed by atoms with Crippen molar-refractivity contribution in [1.82, 2.24) is 10.6 Å². The summed E-state index contributed by atoms with van der Waals surface area (Å²) in [7, 11) is 0. The minimum Gasteiger partial charge on any atom is -0.444 e. The van der Waals surface area contributed by atoms with Crippen molar-refractivity contribution in [3.05, 3.63) is 34.1 Å². The van der Waals surface area contributed by atoms with Crippen LogP contribution in [0.3, 0.4) is 0 Å². The van der Waals surface area contributed by atoms with Gasteiger partial charge in [0.15, 0.2) is 0 Å². The standard InChI is InChI=1S/C18H24BrFN2O3/c1-18(2,3)25-17(23)22-14-12-6-7-24-16(12)15(14)21-9-10-8-11(19)4-5-13(10)20/h4-5,8,12,14-16,21H,6-7,9H2,1-3H3,(H,22,23). The Hall–Kier alpha value is -1.18. The Labute approximate surface area is 155 Å². The Morgan fingerprint density at radius 2 is 2.16 bits per heavy atom. The molecule has 0 radical (unpaired) electrons. The number of ether oxygens (including phenoxy) is 2. The molecule has 1 aromatic rings. The summed E-state index contributed by atoms with van der Waals surface area (Å²) in [4.78, 5) is 12.1. The lowest BCUT2D eigenvalue weighted by Crippen LogP contribution is -2.70. The van der Waals surface area contributed by atoms with E-state index < -0.39 is 11.7 Å². The number of alkyl carbamates (subject to hydrolysis) is 1. The number of rotatable bonds is 4. The zero-order valence-electron chi connectivity index (χ0n) is 14.6. The lowest BCUT2D eigenvalue weighted by molar-refractivity contribution is -0.0345. The van der Waals surface area contributed by atoms with Gasteiger partial charge in [0, 0.05) is 29.1 Å². The number of halogens is 2. The lowest BCUT2D eigenvalue weighted by atomic mass is 9.71. The van der Waals surface area contributed by atoms with Gasteiger partial charge in [-0.25, -0.2) is 9.18 Å². The SMILES string of the molecule is CC(C)(C)OC(=O)NC1C2CCOC2C1NCc1cc(Br)ccc1F. The van der Waals surface area contributed by atoms with Gasteiger partial charge in [-0.15, -0.1) is 0 Å². The molecule has 138 valence electrons. The highest BCUT2D eigenvalue weighted by Crippen LogP contribution is 2.39. The number of nitrogens with one attached hydrogen (secondary N) is 2. The highest BCUT2D eigenvalue weighted by Gasteiger charge is 2.54. The van der Waals surface area contributed by atoms with E-state index >= 15 is 0 Å². The van der Waals surface area contributed by atoms with Crippen LogP contribution < -0.4 is 10.6 Å². The second-order valence-electron chi connectivity index (χ2n) is 7.60. The Bertz CT molecular complexity index is 650. The van der Waals surface area contributed by atoms with Crippen molar-refractivity contribution in [3.63, 3.8) is 0 Å². The average Bonchev–Trinajstić information content (AvgIpc) is 2.91. The number of benzene rings is 1. The fourth-order valence-electron chi connectivity index (χ4n) is 3.50. The molecule has 2 fully saturated rings. The summed E-state index contributed by atoms with van der Waals surface area (Å²) in [6, 6.07) is 4.73. The maximum absolute atomic E-state index is 13.9. The molecule has 1 aliphatic carbocycles. The van der Waals surface area contributed by atoms with Crippen LogP contribution in [0.1, 0.15) is 32.8 Å². The zero-order valence-corrected chi connectivity index (χ0v) is 16.2. The molecule has 5 nitrogen and oxygen atoms in total. The number of fused-ring (bicyclic) bond motifs is 1. The van der Waals surface area contributed by atoms with Gasteiger partial charge >= 0.3 is 6.09 Å². The number of carbonyl (C=O) groups is 1. The molecule has 2 aliphatic rings. The van der Waals surface area contributed by atoms with E-state index in [0.29, 0.717) is 18.7 Å². The van der Waals surface area contributed by atoms with E-state index in [4.69, 9.17) is 9.47 Å². The van der Waals surface area contributed by atoms with Crippen molar-refractivity contribution in [2.75, 3.05) is 6.61 Å². The van der Waals surface area contributed by atoms with Crippen LogP contribution in [0.25, 0.3) is 0 Å². The molecule has 2 N–H and O–H groups in total. The zero-order chi connectivity index (χ0) is 18.2. The second kappa shape index (κ2) is 7.21. The maximum Gasteiger partial charge on any atom is 0.407 e. The molecule has 4 atom stereocenters. The lowest BCUT2D eigenvalue weighted by Gasteiger charge is -2.48. The van der Waals surface area contributed by atoms with Crippen LogP contribution >= 0.6 is 15.9 Å². The van der Waals surface area contributed by atoms with Crippen molar-refractivity contribution >= 4 is 22.0 Å². The molecule has 0 bridgehead atoms. The van der Waals surface area contributed by atoms with Gasteiger partial charge in [0.1, 0.15) is 11.4 Å². The molecule has 1 heterocycles. The number of amides is 1. The summed E-state index contributed by atoms with van der Waals surface area (Å²) >= 11 is 3.36. The molecule has 4 unspecified atom stereocenters. The Balaban J connectivity index is 1.62. The molecule has 25 heavy (non-hydrogen) atoms. The summed E-state index contributed by atoms with van der Waals surface area (Å²) in [5, 5.41) is 6.29. The number of hydrogen-bond acceptors (Lipinski definition) is 4. The molecule has 1 aromatic carbocycles. The van der Waals surface area contributed by atoms with Crippen molar-refractivity contribution in [2.24, 2.45) is 5.92 Å². The smallest absolute Gasteiger partial charge is 0.407 e. The Morgan fingerprint density at radius 1 is 1.40 bits per heavy atom. The third-order valence-corrected chi connectivity index (χ3v) is 5.10. The fourth-order valence-corrected chi connectivity index (χ4v) is 3.91. The molecule has 3 rings (SSSR count). The molecule has 1 saturated heterocycles. The van der Waals surface area contributed by atoms with E-state index in [9.17, 15) is 9.18 Å². The molecule has 0 spiro atoms. The number of carbonyl (C=O) groups excluding carboxylic acids is 1. The summed E-state index contributed by atoms with van der Waals surface area (Å²) in [5.74, 6) is 0.0212. The van der Waals surface area contributed by atoms with Crippen LogP contribution in [0.2, 0.25) is 0 Å². The number of hydrogen-bond donors (Lipinski definition) is 2. The summed E-state index contributed by atoms with van der Waals surface area (Å²) in [6.07, 6.45) is 0.535. The predicted octanol–water partition coefficient (Wildman–Crippen LogP) is 3.36. The van der Waals surface area contributed by atoms with Crippen LogP contribution in [-0.2, 0) is 16.0 Å². The van der Waals surface area contributed by atoms with Crippen molar-refractivity contribution < 1.29 is 18.7 Å². The van der Waals surface area contributed by atoms with Crippen molar-refractivity contribution in [1.29, 1.82) is 0 Å². The normalized spacial score (nSPS) is 28.2.